The standard InChI is InChI=1S/C12H6O3/c13-7-1-4-5-2-8(14)11(5)12-6(10(4)7)3-9(12)15/h1-3H2. The monoisotopic (exact) mass is 198 g/mol. The van der Waals surface area contributed by atoms with Crippen LogP contribution in [0.3, 0.4) is 0 Å². The van der Waals surface area contributed by atoms with Gasteiger partial charge in [-0.25, -0.2) is 0 Å². The highest BCUT2D eigenvalue weighted by Crippen LogP contribution is 2.45. The lowest BCUT2D eigenvalue weighted by Crippen LogP contribution is -2.39. The predicted octanol–water partition coefficient (Wildman–Crippen LogP) is 0.903. The third kappa shape index (κ3) is 0.599. The molecule has 0 spiro atoms. The normalized spacial score (nSPS) is 19.6. The average Bonchev–Trinajstić information content (AvgIpc) is 2.17. The molecular weight excluding hydrogens is 192 g/mol. The average molecular weight is 198 g/mol. The molecule has 0 saturated carbocycles. The van der Waals surface area contributed by atoms with Gasteiger partial charge in [-0.3, -0.25) is 14.4 Å². The number of hydrogen-bond donors (Lipinski definition) is 0. The molecule has 0 saturated heterocycles. The summed E-state index contributed by atoms with van der Waals surface area (Å²) in [6.07, 6.45) is 1.24. The summed E-state index contributed by atoms with van der Waals surface area (Å²) in [5.74, 6) is 0.226. The van der Waals surface area contributed by atoms with E-state index in [-0.39, 0.29) is 17.3 Å². The summed E-state index contributed by atoms with van der Waals surface area (Å²) in [5, 5.41) is 0. The summed E-state index contributed by atoms with van der Waals surface area (Å²) in [7, 11) is 0. The van der Waals surface area contributed by atoms with Crippen molar-refractivity contribution >= 4 is 17.3 Å². The van der Waals surface area contributed by atoms with E-state index in [9.17, 15) is 14.4 Å². The Morgan fingerprint density at radius 1 is 0.533 bits per heavy atom. The lowest BCUT2D eigenvalue weighted by atomic mass is 9.63. The molecule has 3 heteroatoms. The molecule has 72 valence electrons. The third-order valence-electron chi connectivity index (χ3n) is 3.67. The molecule has 0 unspecified atom stereocenters. The van der Waals surface area contributed by atoms with E-state index in [4.69, 9.17) is 0 Å². The summed E-state index contributed by atoms with van der Waals surface area (Å²) in [6, 6.07) is 0. The van der Waals surface area contributed by atoms with Crippen molar-refractivity contribution in [1.29, 1.82) is 0 Å². The van der Waals surface area contributed by atoms with E-state index in [2.05, 4.69) is 0 Å². The van der Waals surface area contributed by atoms with Gasteiger partial charge in [-0.2, -0.15) is 0 Å². The molecule has 0 N–H and O–H groups in total. The molecule has 3 aliphatic rings. The molecule has 15 heavy (non-hydrogen) atoms. The lowest BCUT2D eigenvalue weighted by Gasteiger charge is -2.37. The Bertz CT molecular complexity index is 608. The molecule has 4 rings (SSSR count). The van der Waals surface area contributed by atoms with Crippen LogP contribution < -0.4 is 0 Å². The number of fused-ring (bicyclic) bond motifs is 6. The zero-order valence-corrected chi connectivity index (χ0v) is 7.85. The number of carbonyl (C=O) groups excluding carboxylic acids is 3. The molecule has 3 nitrogen and oxygen atoms in total. The van der Waals surface area contributed by atoms with Gasteiger partial charge in [0, 0.05) is 36.0 Å². The van der Waals surface area contributed by atoms with E-state index >= 15 is 0 Å². The van der Waals surface area contributed by atoms with Crippen LogP contribution in [0.4, 0.5) is 0 Å². The third-order valence-corrected chi connectivity index (χ3v) is 3.67. The van der Waals surface area contributed by atoms with Crippen molar-refractivity contribution in [3.05, 3.63) is 33.4 Å². The van der Waals surface area contributed by atoms with Crippen LogP contribution in [0.1, 0.15) is 47.8 Å². The number of ketones is 3. The second-order valence-electron chi connectivity index (χ2n) is 4.36. The van der Waals surface area contributed by atoms with Crippen LogP contribution in [0.15, 0.2) is 0 Å². The number of rotatable bonds is 0. The SMILES string of the molecule is O=C1Cc2c3c(c4c(c21)CC4=O)C(=O)C3. The molecule has 0 amide bonds. The minimum atomic E-state index is 0.0248. The largest absolute Gasteiger partial charge is 0.294 e. The lowest BCUT2D eigenvalue weighted by molar-refractivity contribution is 0.0909. The summed E-state index contributed by atoms with van der Waals surface area (Å²) in [6.45, 7) is 0. The number of carbonyl (C=O) groups is 3. The van der Waals surface area contributed by atoms with Crippen LogP contribution >= 0.6 is 0 Å². The van der Waals surface area contributed by atoms with Crippen LogP contribution in [0.2, 0.25) is 0 Å². The Morgan fingerprint density at radius 3 is 1.47 bits per heavy atom. The van der Waals surface area contributed by atoms with Crippen molar-refractivity contribution in [2.24, 2.45) is 0 Å². The molecule has 0 atom stereocenters. The molecule has 0 aliphatic heterocycles. The summed E-state index contributed by atoms with van der Waals surface area (Å²) in [4.78, 5) is 34.2. The molecule has 0 aromatic heterocycles. The van der Waals surface area contributed by atoms with Crippen LogP contribution in [-0.2, 0) is 19.3 Å². The highest BCUT2D eigenvalue weighted by molar-refractivity contribution is 6.25. The first kappa shape index (κ1) is 7.51. The van der Waals surface area contributed by atoms with E-state index in [0.717, 1.165) is 22.3 Å². The van der Waals surface area contributed by atoms with Crippen molar-refractivity contribution in [1.82, 2.24) is 0 Å². The van der Waals surface area contributed by atoms with E-state index in [1.165, 1.54) is 0 Å². The van der Waals surface area contributed by atoms with Gasteiger partial charge >= 0.3 is 0 Å². The van der Waals surface area contributed by atoms with E-state index in [0.29, 0.717) is 30.4 Å². The first-order chi connectivity index (χ1) is 7.18. The van der Waals surface area contributed by atoms with E-state index < -0.39 is 0 Å². The first-order valence-corrected chi connectivity index (χ1v) is 4.98. The maximum Gasteiger partial charge on any atom is 0.168 e. The van der Waals surface area contributed by atoms with Crippen LogP contribution in [0.5, 0.6) is 0 Å². The quantitative estimate of drug-likeness (QED) is 0.622. The Kier molecular flexibility index (Phi) is 0.969. The molecule has 0 heterocycles. The Morgan fingerprint density at radius 2 is 0.933 bits per heavy atom. The fourth-order valence-electron chi connectivity index (χ4n) is 2.86. The maximum atomic E-state index is 11.4. The van der Waals surface area contributed by atoms with Gasteiger partial charge in [0.1, 0.15) is 0 Å². The predicted molar refractivity (Wildman–Crippen MR) is 50.5 cm³/mol. The molecule has 1 aromatic rings. The van der Waals surface area contributed by atoms with Gasteiger partial charge in [-0.15, -0.1) is 0 Å². The molecule has 0 bridgehead atoms. The summed E-state index contributed by atoms with van der Waals surface area (Å²) in [5.41, 5.74) is 4.82. The van der Waals surface area contributed by atoms with Crippen LogP contribution in [0, 0.1) is 0 Å². The van der Waals surface area contributed by atoms with Crippen molar-refractivity contribution in [3.8, 4) is 0 Å². The minimum Gasteiger partial charge on any atom is -0.294 e. The van der Waals surface area contributed by atoms with Crippen molar-refractivity contribution in [2.45, 2.75) is 19.3 Å². The number of Topliss-reactive ketones (excluding diaryl/α,β-unsaturated/α-hetero) is 3. The Labute approximate surface area is 85.1 Å². The van der Waals surface area contributed by atoms with Crippen molar-refractivity contribution in [2.75, 3.05) is 0 Å². The van der Waals surface area contributed by atoms with E-state index in [1.54, 1.807) is 0 Å². The van der Waals surface area contributed by atoms with Gasteiger partial charge in [-0.1, -0.05) is 0 Å². The fraction of sp³-hybridized carbons (Fsp3) is 0.250. The Hall–Kier alpha value is -1.77. The smallest absolute Gasteiger partial charge is 0.168 e. The number of benzene rings is 1. The van der Waals surface area contributed by atoms with E-state index in [1.807, 2.05) is 0 Å². The van der Waals surface area contributed by atoms with Gasteiger partial charge in [-0.05, 0) is 16.7 Å². The molecule has 1 aromatic carbocycles. The molecule has 0 fully saturated rings. The molecular formula is C12H6O3. The van der Waals surface area contributed by atoms with Gasteiger partial charge in [0.2, 0.25) is 0 Å². The van der Waals surface area contributed by atoms with Crippen LogP contribution in [0.25, 0.3) is 0 Å². The first-order valence-electron chi connectivity index (χ1n) is 4.98. The fourth-order valence-corrected chi connectivity index (χ4v) is 2.86. The maximum absolute atomic E-state index is 11.4. The van der Waals surface area contributed by atoms with Gasteiger partial charge < -0.3 is 0 Å². The van der Waals surface area contributed by atoms with Crippen molar-refractivity contribution in [3.63, 3.8) is 0 Å². The second-order valence-corrected chi connectivity index (χ2v) is 4.36. The minimum absolute atomic E-state index is 0.0248. The highest BCUT2D eigenvalue weighted by atomic mass is 16.1. The zero-order valence-electron chi connectivity index (χ0n) is 7.85. The number of hydrogen-bond acceptors (Lipinski definition) is 3. The topological polar surface area (TPSA) is 51.2 Å². The van der Waals surface area contributed by atoms with Gasteiger partial charge in [0.15, 0.2) is 17.3 Å². The zero-order chi connectivity index (χ0) is 10.3. The summed E-state index contributed by atoms with van der Waals surface area (Å²) >= 11 is 0. The van der Waals surface area contributed by atoms with Crippen molar-refractivity contribution < 1.29 is 14.4 Å². The highest BCUT2D eigenvalue weighted by Gasteiger charge is 2.45. The summed E-state index contributed by atoms with van der Waals surface area (Å²) < 4.78 is 0. The van der Waals surface area contributed by atoms with Crippen LogP contribution in [-0.4, -0.2) is 17.3 Å². The van der Waals surface area contributed by atoms with Gasteiger partial charge in [0.05, 0.1) is 0 Å². The Balaban J connectivity index is 2.17. The molecule has 0 radical (unpaired) electrons. The molecule has 3 aliphatic carbocycles. The second kappa shape index (κ2) is 1.94. The van der Waals surface area contributed by atoms with Gasteiger partial charge in [0.25, 0.3) is 0 Å².